The van der Waals surface area contributed by atoms with E-state index in [-0.39, 0.29) is 13.2 Å². The minimum absolute atomic E-state index is 0.138. The number of amides is 1. The average Bonchev–Trinajstić information content (AvgIpc) is 2.74. The summed E-state index contributed by atoms with van der Waals surface area (Å²) in [6, 6.07) is 19.4. The lowest BCUT2D eigenvalue weighted by Crippen LogP contribution is -2.40. The van der Waals surface area contributed by atoms with Gasteiger partial charge in [-0.15, -0.1) is 0 Å². The Bertz CT molecular complexity index is 802. The number of carbonyl (C=O) groups excluding carboxylic acids is 1. The second kappa shape index (κ2) is 12.2. The van der Waals surface area contributed by atoms with Crippen molar-refractivity contribution < 1.29 is 24.1 Å². The zero-order valence-corrected chi connectivity index (χ0v) is 18.5. The molecule has 31 heavy (non-hydrogen) atoms. The number of carbonyl (C=O) groups is 1. The predicted molar refractivity (Wildman–Crippen MR) is 121 cm³/mol. The molecule has 2 atom stereocenters. The van der Waals surface area contributed by atoms with Crippen LogP contribution in [0.4, 0.5) is 4.79 Å². The van der Waals surface area contributed by atoms with Gasteiger partial charge in [-0.3, -0.25) is 0 Å². The highest BCUT2D eigenvalue weighted by Crippen LogP contribution is 2.17. The van der Waals surface area contributed by atoms with Gasteiger partial charge in [0.2, 0.25) is 0 Å². The number of nitrogens with one attached hydrogen (secondary N) is 1. The first-order valence-corrected chi connectivity index (χ1v) is 10.3. The summed E-state index contributed by atoms with van der Waals surface area (Å²) in [5.41, 5.74) is 1.95. The molecule has 2 aromatic rings. The quantitative estimate of drug-likeness (QED) is 0.525. The van der Waals surface area contributed by atoms with Crippen LogP contribution in [0.1, 0.15) is 31.9 Å². The largest absolute Gasteiger partial charge is 0.444 e. The number of hydrogen-bond acceptors (Lipinski definition) is 5. The van der Waals surface area contributed by atoms with Gasteiger partial charge in [0.25, 0.3) is 0 Å². The summed E-state index contributed by atoms with van der Waals surface area (Å²) in [4.78, 5) is 12.0. The van der Waals surface area contributed by atoms with Gasteiger partial charge in [0, 0.05) is 6.54 Å². The van der Waals surface area contributed by atoms with E-state index in [1.807, 2.05) is 60.7 Å². The van der Waals surface area contributed by atoms with Crippen molar-refractivity contribution in [3.05, 3.63) is 83.9 Å². The van der Waals surface area contributed by atoms with E-state index in [1.54, 1.807) is 20.8 Å². The molecule has 0 unspecified atom stereocenters. The van der Waals surface area contributed by atoms with E-state index in [1.165, 1.54) is 0 Å². The number of rotatable bonds is 11. The Morgan fingerprint density at radius 2 is 1.48 bits per heavy atom. The van der Waals surface area contributed by atoms with E-state index in [9.17, 15) is 9.90 Å². The van der Waals surface area contributed by atoms with Gasteiger partial charge in [-0.25, -0.2) is 4.79 Å². The van der Waals surface area contributed by atoms with Crippen molar-refractivity contribution in [2.45, 2.75) is 51.8 Å². The van der Waals surface area contributed by atoms with Crippen LogP contribution in [0.3, 0.4) is 0 Å². The molecule has 0 bridgehead atoms. The number of aliphatic hydroxyl groups excluding tert-OH is 1. The fraction of sp³-hybridized carbons (Fsp3) is 0.400. The monoisotopic (exact) mass is 427 g/mol. The smallest absolute Gasteiger partial charge is 0.407 e. The van der Waals surface area contributed by atoms with Gasteiger partial charge in [0.1, 0.15) is 17.8 Å². The van der Waals surface area contributed by atoms with Gasteiger partial charge in [0.05, 0.1) is 19.8 Å². The third-order valence-corrected chi connectivity index (χ3v) is 4.36. The van der Waals surface area contributed by atoms with Gasteiger partial charge in [0.15, 0.2) is 0 Å². The Balaban J connectivity index is 2.04. The molecule has 2 rings (SSSR count). The molecular formula is C25H33NO5. The van der Waals surface area contributed by atoms with E-state index in [2.05, 4.69) is 11.9 Å². The van der Waals surface area contributed by atoms with Gasteiger partial charge in [-0.05, 0) is 37.5 Å². The Morgan fingerprint density at radius 3 is 1.97 bits per heavy atom. The topological polar surface area (TPSA) is 77.0 Å². The molecule has 2 N–H and O–H groups in total. The molecule has 6 heteroatoms. The van der Waals surface area contributed by atoms with E-state index >= 15 is 0 Å². The summed E-state index contributed by atoms with van der Waals surface area (Å²) in [5.74, 6) is 0. The van der Waals surface area contributed by atoms with Gasteiger partial charge in [-0.1, -0.05) is 67.2 Å². The summed E-state index contributed by atoms with van der Waals surface area (Å²) in [6.45, 7) is 10.00. The summed E-state index contributed by atoms with van der Waals surface area (Å²) < 4.78 is 17.3. The lowest BCUT2D eigenvalue weighted by molar-refractivity contribution is -0.0894. The highest BCUT2D eigenvalue weighted by atomic mass is 16.6. The van der Waals surface area contributed by atoms with E-state index in [0.717, 1.165) is 11.1 Å². The second-order valence-corrected chi connectivity index (χ2v) is 8.25. The van der Waals surface area contributed by atoms with E-state index in [4.69, 9.17) is 14.2 Å². The lowest BCUT2D eigenvalue weighted by Gasteiger charge is -2.28. The molecule has 0 aromatic heterocycles. The summed E-state index contributed by atoms with van der Waals surface area (Å²) >= 11 is 0. The van der Waals surface area contributed by atoms with Crippen LogP contribution in [-0.2, 0) is 27.4 Å². The Hall–Kier alpha value is -2.67. The number of alkyl carbamates (subject to hydrolysis) is 1. The maximum Gasteiger partial charge on any atom is 0.407 e. The minimum atomic E-state index is -0.642. The maximum absolute atomic E-state index is 12.0. The minimum Gasteiger partial charge on any atom is -0.444 e. The van der Waals surface area contributed by atoms with Crippen LogP contribution < -0.4 is 5.32 Å². The van der Waals surface area contributed by atoms with Crippen LogP contribution in [0.25, 0.3) is 0 Å². The molecular weight excluding hydrogens is 394 g/mol. The van der Waals surface area contributed by atoms with E-state index in [0.29, 0.717) is 18.8 Å². The zero-order chi connectivity index (χ0) is 22.7. The Labute approximate surface area is 184 Å². The molecule has 0 saturated carbocycles. The molecule has 6 nitrogen and oxygen atoms in total. The van der Waals surface area contributed by atoms with Crippen molar-refractivity contribution in [1.29, 1.82) is 0 Å². The third kappa shape index (κ3) is 9.34. The Morgan fingerprint density at radius 1 is 0.968 bits per heavy atom. The molecule has 168 valence electrons. The van der Waals surface area contributed by atoms with Crippen molar-refractivity contribution in [3.8, 4) is 0 Å². The number of hydrogen-bond donors (Lipinski definition) is 2. The van der Waals surface area contributed by atoms with Crippen LogP contribution >= 0.6 is 0 Å². The van der Waals surface area contributed by atoms with Crippen LogP contribution in [0.5, 0.6) is 0 Å². The summed E-state index contributed by atoms with van der Waals surface area (Å²) in [7, 11) is 0. The molecule has 0 spiro atoms. The number of aliphatic hydroxyl groups is 1. The van der Waals surface area contributed by atoms with Gasteiger partial charge in [-0.2, -0.15) is 0 Å². The predicted octanol–water partition coefficient (Wildman–Crippen LogP) is 4.23. The van der Waals surface area contributed by atoms with Crippen LogP contribution in [0.15, 0.2) is 72.8 Å². The van der Waals surface area contributed by atoms with Gasteiger partial charge < -0.3 is 24.6 Å². The molecule has 0 aliphatic heterocycles. The molecule has 2 aromatic carbocycles. The van der Waals surface area contributed by atoms with Crippen molar-refractivity contribution in [2.24, 2.45) is 0 Å². The SMILES string of the molecule is C=C(CNC(=O)OC(C)(C)C)[C@@H](OCc1ccccc1)[C@H](CO)OCc1ccccc1. The summed E-state index contributed by atoms with van der Waals surface area (Å²) in [6.07, 6.45) is -1.80. The normalized spacial score (nSPS) is 13.3. The maximum atomic E-state index is 12.0. The van der Waals surface area contributed by atoms with Crippen molar-refractivity contribution >= 4 is 6.09 Å². The average molecular weight is 428 g/mol. The van der Waals surface area contributed by atoms with Crippen LogP contribution in [0, 0.1) is 0 Å². The van der Waals surface area contributed by atoms with Crippen LogP contribution in [0.2, 0.25) is 0 Å². The lowest BCUT2D eigenvalue weighted by atomic mass is 10.1. The van der Waals surface area contributed by atoms with Crippen molar-refractivity contribution in [3.63, 3.8) is 0 Å². The standard InChI is InChI=1S/C25H33NO5/c1-19(15-26-24(28)31-25(2,3)4)23(30-18-21-13-9-6-10-14-21)22(16-27)29-17-20-11-7-5-8-12-20/h5-14,22-23,27H,1,15-18H2,2-4H3,(H,26,28)/t22-,23+/m0/s1. The highest BCUT2D eigenvalue weighted by molar-refractivity contribution is 5.68. The number of benzene rings is 2. The first kappa shape index (κ1) is 24.6. The molecule has 0 aliphatic rings. The second-order valence-electron chi connectivity index (χ2n) is 8.25. The molecule has 0 fully saturated rings. The fourth-order valence-corrected chi connectivity index (χ4v) is 2.86. The molecule has 1 amide bonds. The van der Waals surface area contributed by atoms with E-state index < -0.39 is 23.9 Å². The zero-order valence-electron chi connectivity index (χ0n) is 18.5. The fourth-order valence-electron chi connectivity index (χ4n) is 2.86. The molecule has 0 heterocycles. The number of ether oxygens (including phenoxy) is 3. The van der Waals surface area contributed by atoms with Crippen LogP contribution in [-0.4, -0.2) is 42.2 Å². The molecule has 0 aliphatic carbocycles. The van der Waals surface area contributed by atoms with Gasteiger partial charge >= 0.3 is 6.09 Å². The van der Waals surface area contributed by atoms with Crippen molar-refractivity contribution in [1.82, 2.24) is 5.32 Å². The van der Waals surface area contributed by atoms with Crippen molar-refractivity contribution in [2.75, 3.05) is 13.2 Å². The first-order valence-electron chi connectivity index (χ1n) is 10.3. The summed E-state index contributed by atoms with van der Waals surface area (Å²) in [5, 5.41) is 12.7. The molecule has 0 radical (unpaired) electrons. The Kier molecular flexibility index (Phi) is 9.72. The first-order chi connectivity index (χ1) is 14.8. The highest BCUT2D eigenvalue weighted by Gasteiger charge is 2.26. The third-order valence-electron chi connectivity index (χ3n) is 4.36. The molecule has 0 saturated heterocycles.